The van der Waals surface area contributed by atoms with Crippen LogP contribution in [0, 0.1) is 0 Å². The summed E-state index contributed by atoms with van der Waals surface area (Å²) in [6, 6.07) is 0.977. The van der Waals surface area contributed by atoms with Crippen molar-refractivity contribution in [2.24, 2.45) is 5.16 Å². The zero-order valence-corrected chi connectivity index (χ0v) is 19.8. The fourth-order valence-corrected chi connectivity index (χ4v) is 4.24. The molecule has 3 rings (SSSR count). The molecule has 1 aromatic rings. The molecule has 0 saturated carbocycles. The number of aliphatic hydroxyl groups excluding tert-OH is 1. The number of rotatable bonds is 3. The van der Waals surface area contributed by atoms with Crippen molar-refractivity contribution in [2.45, 2.75) is 57.5 Å². The molecule has 1 unspecified atom stereocenters. The molecule has 186 valence electrons. The maximum absolute atomic E-state index is 12.7. The summed E-state index contributed by atoms with van der Waals surface area (Å²) in [5.41, 5.74) is 0.227. The highest BCUT2D eigenvalue weighted by molar-refractivity contribution is 6.33. The molecule has 1 amide bonds. The average Bonchev–Trinajstić information content (AvgIpc) is 2.81. The molecule has 2 aliphatic rings. The first-order valence-corrected chi connectivity index (χ1v) is 11.9. The lowest BCUT2D eigenvalue weighted by Crippen LogP contribution is -2.37. The molecular weight excluding hydrogens is 464 g/mol. The normalized spacial score (nSPS) is 22.4. The number of allylic oxidation sites excluding steroid dienone is 1. The van der Waals surface area contributed by atoms with Crippen LogP contribution in [0.3, 0.4) is 0 Å². The molecule has 9 nitrogen and oxygen atoms in total. The molecule has 10 heteroatoms. The molecule has 34 heavy (non-hydrogen) atoms. The van der Waals surface area contributed by atoms with Gasteiger partial charge in [-0.1, -0.05) is 28.9 Å². The van der Waals surface area contributed by atoms with E-state index >= 15 is 0 Å². The Hall–Kier alpha value is -2.78. The quantitative estimate of drug-likeness (QED) is 0.334. The number of benzene rings is 1. The lowest BCUT2D eigenvalue weighted by molar-refractivity contribution is -0.137. The number of fused-ring (bicyclic) bond motifs is 1. The Labute approximate surface area is 203 Å². The number of cyclic esters (lactones) is 1. The maximum atomic E-state index is 12.7. The number of carbonyl (C=O) groups is 2. The third kappa shape index (κ3) is 7.11. The van der Waals surface area contributed by atoms with E-state index in [0.29, 0.717) is 38.1 Å². The molecule has 2 heterocycles. The molecule has 1 saturated heterocycles. The average molecular weight is 495 g/mol. The molecule has 3 N–H and O–H groups in total. The van der Waals surface area contributed by atoms with E-state index in [0.717, 1.165) is 25.3 Å². The lowest BCUT2D eigenvalue weighted by atomic mass is 9.96. The van der Waals surface area contributed by atoms with Crippen LogP contribution in [0.15, 0.2) is 23.4 Å². The summed E-state index contributed by atoms with van der Waals surface area (Å²) in [7, 11) is 0. The number of hydrogen-bond acceptors (Lipinski definition) is 8. The van der Waals surface area contributed by atoms with Gasteiger partial charge in [0.1, 0.15) is 17.1 Å². The summed E-state index contributed by atoms with van der Waals surface area (Å²) in [6.07, 6.45) is 7.56. The number of halogens is 1. The molecule has 0 aromatic heterocycles. The van der Waals surface area contributed by atoms with Gasteiger partial charge in [0.15, 0.2) is 6.61 Å². The van der Waals surface area contributed by atoms with E-state index in [-0.39, 0.29) is 48.1 Å². The smallest absolute Gasteiger partial charge is 0.342 e. The number of nitrogens with zero attached hydrogens (tertiary/aromatic N) is 2. The third-order valence-corrected chi connectivity index (χ3v) is 6.24. The van der Waals surface area contributed by atoms with Gasteiger partial charge < -0.3 is 29.8 Å². The highest BCUT2D eigenvalue weighted by atomic mass is 35.5. The second-order valence-electron chi connectivity index (χ2n) is 8.46. The van der Waals surface area contributed by atoms with Crippen LogP contribution in [0.5, 0.6) is 11.5 Å². The van der Waals surface area contributed by atoms with Crippen LogP contribution >= 0.6 is 11.6 Å². The van der Waals surface area contributed by atoms with Crippen molar-refractivity contribution in [2.75, 3.05) is 26.3 Å². The maximum Gasteiger partial charge on any atom is 0.342 e. The Balaban J connectivity index is 1.86. The van der Waals surface area contributed by atoms with Crippen LogP contribution < -0.4 is 0 Å². The topological polar surface area (TPSA) is 129 Å². The Kier molecular flexibility index (Phi) is 9.59. The van der Waals surface area contributed by atoms with Crippen LogP contribution in [-0.4, -0.2) is 70.2 Å². The summed E-state index contributed by atoms with van der Waals surface area (Å²) >= 11 is 6.29. The minimum Gasteiger partial charge on any atom is -0.507 e. The Morgan fingerprint density at radius 2 is 1.91 bits per heavy atom. The fraction of sp³-hybridized carbons (Fsp3) is 0.542. The highest BCUT2D eigenvalue weighted by Crippen LogP contribution is 2.37. The van der Waals surface area contributed by atoms with Crippen molar-refractivity contribution in [1.29, 1.82) is 0 Å². The van der Waals surface area contributed by atoms with E-state index in [9.17, 15) is 24.9 Å². The molecule has 1 atom stereocenters. The van der Waals surface area contributed by atoms with Gasteiger partial charge in [-0.2, -0.15) is 0 Å². The van der Waals surface area contributed by atoms with Crippen LogP contribution in [0.25, 0.3) is 0 Å². The van der Waals surface area contributed by atoms with Crippen LogP contribution in [0.2, 0.25) is 5.02 Å². The van der Waals surface area contributed by atoms with Crippen molar-refractivity contribution in [1.82, 2.24) is 4.90 Å². The monoisotopic (exact) mass is 494 g/mol. The largest absolute Gasteiger partial charge is 0.507 e. The predicted octanol–water partition coefficient (Wildman–Crippen LogP) is 3.33. The van der Waals surface area contributed by atoms with Crippen LogP contribution in [-0.2, 0) is 20.8 Å². The molecule has 0 aliphatic carbocycles. The van der Waals surface area contributed by atoms with Gasteiger partial charge in [-0.3, -0.25) is 4.79 Å². The molecule has 1 aromatic carbocycles. The van der Waals surface area contributed by atoms with Gasteiger partial charge in [-0.05, 0) is 44.1 Å². The van der Waals surface area contributed by atoms with Gasteiger partial charge in [-0.25, -0.2) is 4.79 Å². The van der Waals surface area contributed by atoms with E-state index in [4.69, 9.17) is 21.2 Å². The molecule has 2 aliphatic heterocycles. The van der Waals surface area contributed by atoms with Crippen LogP contribution in [0.4, 0.5) is 0 Å². The number of oxime groups is 1. The zero-order chi connectivity index (χ0) is 24.5. The van der Waals surface area contributed by atoms with Crippen molar-refractivity contribution >= 4 is 29.2 Å². The first-order chi connectivity index (χ1) is 16.4. The summed E-state index contributed by atoms with van der Waals surface area (Å²) in [4.78, 5) is 32.2. The SMILES string of the molecule is O=C1OCC/C=C/CCC(O)C/C(=N\OCC(=O)N2CCCCC2)Cc2c(Cl)c(O)cc(O)c21. The van der Waals surface area contributed by atoms with E-state index < -0.39 is 23.6 Å². The van der Waals surface area contributed by atoms with Gasteiger partial charge in [0.2, 0.25) is 0 Å². The first-order valence-electron chi connectivity index (χ1n) is 11.6. The second-order valence-corrected chi connectivity index (χ2v) is 8.84. The van der Waals surface area contributed by atoms with Crippen molar-refractivity contribution in [3.05, 3.63) is 34.4 Å². The van der Waals surface area contributed by atoms with Crippen molar-refractivity contribution in [3.63, 3.8) is 0 Å². The minimum absolute atomic E-state index is 0.0903. The minimum atomic E-state index is -0.791. The van der Waals surface area contributed by atoms with E-state index in [1.54, 1.807) is 4.90 Å². The van der Waals surface area contributed by atoms with Gasteiger partial charge >= 0.3 is 5.97 Å². The second kappa shape index (κ2) is 12.6. The van der Waals surface area contributed by atoms with Gasteiger partial charge in [0.05, 0.1) is 23.4 Å². The highest BCUT2D eigenvalue weighted by Gasteiger charge is 2.26. The number of piperidine rings is 1. The number of amides is 1. The number of phenolic OH excluding ortho intramolecular Hbond substituents is 2. The van der Waals surface area contributed by atoms with Crippen molar-refractivity contribution in [3.8, 4) is 11.5 Å². The number of hydrogen-bond donors (Lipinski definition) is 3. The number of esters is 1. The number of aliphatic hydroxyl groups is 1. The molecule has 0 spiro atoms. The Bertz CT molecular complexity index is 942. The summed E-state index contributed by atoms with van der Waals surface area (Å²) in [6.45, 7) is 1.22. The number of phenols is 2. The zero-order valence-electron chi connectivity index (χ0n) is 19.0. The number of aromatic hydroxyl groups is 2. The number of ether oxygens (including phenoxy) is 1. The van der Waals surface area contributed by atoms with E-state index in [2.05, 4.69) is 5.16 Å². The molecule has 1 fully saturated rings. The first kappa shape index (κ1) is 25.8. The Morgan fingerprint density at radius 1 is 1.18 bits per heavy atom. The fourth-order valence-electron chi connectivity index (χ4n) is 4.03. The molecule has 0 bridgehead atoms. The molecule has 0 radical (unpaired) electrons. The van der Waals surface area contributed by atoms with Gasteiger partial charge in [0, 0.05) is 32.0 Å². The standard InChI is InChI=1S/C24H31ClN2O7/c25-23-18-13-16(26-34-15-21(31)27-9-5-3-6-10-27)12-17(28)8-4-1-2-7-11-33-24(32)22(18)19(29)14-20(23)30/h1-2,14,17,28-30H,3-13,15H2/b2-1+,26-16+. The van der Waals surface area contributed by atoms with Crippen molar-refractivity contribution < 1.29 is 34.5 Å². The van der Waals surface area contributed by atoms with Crippen LogP contribution in [0.1, 0.15) is 60.9 Å². The summed E-state index contributed by atoms with van der Waals surface area (Å²) < 4.78 is 5.26. The van der Waals surface area contributed by atoms with E-state index in [1.165, 1.54) is 0 Å². The van der Waals surface area contributed by atoms with E-state index in [1.807, 2.05) is 12.2 Å². The summed E-state index contributed by atoms with van der Waals surface area (Å²) in [5, 5.41) is 34.9. The van der Waals surface area contributed by atoms with Gasteiger partial charge in [-0.15, -0.1) is 0 Å². The molecular formula is C24H31ClN2O7. The Morgan fingerprint density at radius 3 is 2.68 bits per heavy atom. The van der Waals surface area contributed by atoms with Gasteiger partial charge in [0.25, 0.3) is 5.91 Å². The number of carbonyl (C=O) groups excluding carboxylic acids is 2. The summed E-state index contributed by atoms with van der Waals surface area (Å²) in [5.74, 6) is -1.85. The third-order valence-electron chi connectivity index (χ3n) is 5.82. The number of likely N-dealkylation sites (tertiary alicyclic amines) is 1. The predicted molar refractivity (Wildman–Crippen MR) is 126 cm³/mol. The lowest BCUT2D eigenvalue weighted by Gasteiger charge is -2.26.